The van der Waals surface area contributed by atoms with E-state index < -0.39 is 24.0 Å². The number of fused-ring (bicyclic) bond motifs is 1. The molecule has 0 saturated heterocycles. The van der Waals surface area contributed by atoms with Gasteiger partial charge in [0.25, 0.3) is 0 Å². The topological polar surface area (TPSA) is 132 Å². The number of aliphatic hydroxyl groups excluding tert-OH is 1. The number of urea groups is 1. The molecule has 13 heteroatoms. The summed E-state index contributed by atoms with van der Waals surface area (Å²) < 4.78 is 39.3. The van der Waals surface area contributed by atoms with Crippen LogP contribution in [-0.4, -0.2) is 33.6 Å². The van der Waals surface area contributed by atoms with E-state index in [2.05, 4.69) is 31.2 Å². The van der Waals surface area contributed by atoms with E-state index >= 15 is 0 Å². The second-order valence-electron chi connectivity index (χ2n) is 9.94. The van der Waals surface area contributed by atoms with Gasteiger partial charge in [-0.1, -0.05) is 24.3 Å². The van der Waals surface area contributed by atoms with Crippen LogP contribution in [0.15, 0.2) is 73.1 Å². The Kier molecular flexibility index (Phi) is 8.17. The smallest absolute Gasteiger partial charge is 0.369 e. The SMILES string of the molecule is CC(=O)Nc1cccc(Nc2ncnc3c2CCN3C(=O)Nc2cc(N[C@@H](O)c3cccc(C(F)(F)F)c3)ccc2C)c1. The quantitative estimate of drug-likeness (QED) is 0.162. The number of benzene rings is 3. The number of aliphatic hydroxyl groups is 1. The molecule has 1 aliphatic heterocycles. The Bertz CT molecular complexity index is 1680. The molecule has 0 fully saturated rings. The zero-order valence-electron chi connectivity index (χ0n) is 23.2. The summed E-state index contributed by atoms with van der Waals surface area (Å²) in [6.07, 6.45) is -4.09. The van der Waals surface area contributed by atoms with Gasteiger partial charge in [0.05, 0.1) is 5.56 Å². The van der Waals surface area contributed by atoms with Crippen molar-refractivity contribution in [3.05, 3.63) is 95.3 Å². The van der Waals surface area contributed by atoms with E-state index in [0.29, 0.717) is 47.4 Å². The average Bonchev–Trinajstić information content (AvgIpc) is 3.40. The molecule has 4 aromatic rings. The Labute approximate surface area is 245 Å². The number of alkyl halides is 3. The number of rotatable bonds is 7. The van der Waals surface area contributed by atoms with Gasteiger partial charge < -0.3 is 26.4 Å². The van der Waals surface area contributed by atoms with E-state index in [1.54, 1.807) is 43.3 Å². The maximum absolute atomic E-state index is 13.4. The summed E-state index contributed by atoms with van der Waals surface area (Å²) in [6.45, 7) is 3.57. The second kappa shape index (κ2) is 12.0. The van der Waals surface area contributed by atoms with Crippen molar-refractivity contribution in [2.75, 3.05) is 32.7 Å². The highest BCUT2D eigenvalue weighted by molar-refractivity contribution is 6.03. The lowest BCUT2D eigenvalue weighted by molar-refractivity contribution is -0.137. The summed E-state index contributed by atoms with van der Waals surface area (Å²) in [5.41, 5.74) is 2.82. The minimum absolute atomic E-state index is 0.0422. The van der Waals surface area contributed by atoms with Gasteiger partial charge in [0, 0.05) is 47.3 Å². The predicted molar refractivity (Wildman–Crippen MR) is 157 cm³/mol. The summed E-state index contributed by atoms with van der Waals surface area (Å²) in [5, 5.41) is 22.2. The minimum Gasteiger partial charge on any atom is -0.369 e. The van der Waals surface area contributed by atoms with E-state index in [1.165, 1.54) is 30.3 Å². The third-order valence-corrected chi connectivity index (χ3v) is 6.77. The fourth-order valence-corrected chi connectivity index (χ4v) is 4.67. The molecule has 5 rings (SSSR count). The van der Waals surface area contributed by atoms with Crippen molar-refractivity contribution in [1.82, 2.24) is 9.97 Å². The lowest BCUT2D eigenvalue weighted by atomic mass is 10.1. The summed E-state index contributed by atoms with van der Waals surface area (Å²) in [4.78, 5) is 34.9. The summed E-state index contributed by atoms with van der Waals surface area (Å²) >= 11 is 0. The third-order valence-electron chi connectivity index (χ3n) is 6.77. The molecule has 1 atom stereocenters. The largest absolute Gasteiger partial charge is 0.416 e. The Morgan fingerprint density at radius 2 is 1.72 bits per heavy atom. The van der Waals surface area contributed by atoms with Crippen molar-refractivity contribution >= 4 is 46.3 Å². The van der Waals surface area contributed by atoms with E-state index in [4.69, 9.17) is 0 Å². The van der Waals surface area contributed by atoms with Gasteiger partial charge >= 0.3 is 12.2 Å². The zero-order chi connectivity index (χ0) is 30.7. The van der Waals surface area contributed by atoms with Gasteiger partial charge in [-0.15, -0.1) is 0 Å². The fraction of sp³-hybridized carbons (Fsp3) is 0.200. The second-order valence-corrected chi connectivity index (χ2v) is 9.94. The normalized spacial score (nSPS) is 13.2. The van der Waals surface area contributed by atoms with Gasteiger partial charge in [0.2, 0.25) is 5.91 Å². The van der Waals surface area contributed by atoms with Gasteiger partial charge in [-0.05, 0) is 61.4 Å². The van der Waals surface area contributed by atoms with Gasteiger partial charge in [-0.2, -0.15) is 13.2 Å². The molecule has 0 saturated carbocycles. The van der Waals surface area contributed by atoms with Gasteiger partial charge in [-0.3, -0.25) is 9.69 Å². The molecule has 3 aromatic carbocycles. The number of halogens is 3. The number of aromatic nitrogens is 2. The zero-order valence-corrected chi connectivity index (χ0v) is 23.2. The molecular weight excluding hydrogens is 563 g/mol. The molecule has 0 spiro atoms. The van der Waals surface area contributed by atoms with Crippen LogP contribution in [0.1, 0.15) is 35.4 Å². The Morgan fingerprint density at radius 3 is 2.49 bits per heavy atom. The van der Waals surface area contributed by atoms with Crippen LogP contribution >= 0.6 is 0 Å². The fourth-order valence-electron chi connectivity index (χ4n) is 4.67. The third kappa shape index (κ3) is 6.84. The number of amides is 3. The number of hydrogen-bond acceptors (Lipinski definition) is 7. The molecule has 0 aliphatic carbocycles. The number of hydrogen-bond donors (Lipinski definition) is 5. The molecule has 1 aliphatic rings. The number of carbonyl (C=O) groups excluding carboxylic acids is 2. The highest BCUT2D eigenvalue weighted by Crippen LogP contribution is 2.34. The first-order valence-corrected chi connectivity index (χ1v) is 13.3. The Balaban J connectivity index is 1.29. The van der Waals surface area contributed by atoms with Crippen LogP contribution in [0, 0.1) is 6.92 Å². The minimum atomic E-state index is -4.54. The van der Waals surface area contributed by atoms with Crippen LogP contribution in [-0.2, 0) is 17.4 Å². The van der Waals surface area contributed by atoms with Crippen molar-refractivity contribution < 1.29 is 27.9 Å². The molecule has 0 radical (unpaired) electrons. The molecule has 222 valence electrons. The van der Waals surface area contributed by atoms with Gasteiger partial charge in [0.15, 0.2) is 6.23 Å². The van der Waals surface area contributed by atoms with Crippen LogP contribution < -0.4 is 26.2 Å². The van der Waals surface area contributed by atoms with Crippen LogP contribution in [0.2, 0.25) is 0 Å². The van der Waals surface area contributed by atoms with Crippen molar-refractivity contribution in [2.24, 2.45) is 0 Å². The van der Waals surface area contributed by atoms with Crippen LogP contribution in [0.5, 0.6) is 0 Å². The van der Waals surface area contributed by atoms with Gasteiger partial charge in [0.1, 0.15) is 18.0 Å². The molecule has 2 heterocycles. The highest BCUT2D eigenvalue weighted by Gasteiger charge is 2.31. The van der Waals surface area contributed by atoms with Gasteiger partial charge in [-0.25, -0.2) is 14.8 Å². The molecule has 10 nitrogen and oxygen atoms in total. The highest BCUT2D eigenvalue weighted by atomic mass is 19.4. The molecule has 0 unspecified atom stereocenters. The summed E-state index contributed by atoms with van der Waals surface area (Å²) in [5.74, 6) is 0.788. The maximum atomic E-state index is 13.4. The molecular formula is C30H28F3N7O3. The number of carbonyl (C=O) groups is 2. The van der Waals surface area contributed by atoms with E-state index in [9.17, 15) is 27.9 Å². The van der Waals surface area contributed by atoms with Crippen molar-refractivity contribution in [3.8, 4) is 0 Å². The number of anilines is 6. The number of aryl methyl sites for hydroxylation is 1. The molecule has 43 heavy (non-hydrogen) atoms. The van der Waals surface area contributed by atoms with E-state index in [-0.39, 0.29) is 11.5 Å². The lowest BCUT2D eigenvalue weighted by Gasteiger charge is -2.20. The van der Waals surface area contributed by atoms with E-state index in [1.807, 2.05) is 6.07 Å². The first kappa shape index (κ1) is 29.3. The Morgan fingerprint density at radius 1 is 0.953 bits per heavy atom. The maximum Gasteiger partial charge on any atom is 0.416 e. The molecule has 1 aromatic heterocycles. The lowest BCUT2D eigenvalue weighted by Crippen LogP contribution is -2.34. The molecule has 3 amide bonds. The first-order chi connectivity index (χ1) is 20.5. The summed E-state index contributed by atoms with van der Waals surface area (Å²) in [6, 6.07) is 16.1. The average molecular weight is 592 g/mol. The van der Waals surface area contributed by atoms with E-state index in [0.717, 1.165) is 23.3 Å². The summed E-state index contributed by atoms with van der Waals surface area (Å²) in [7, 11) is 0. The van der Waals surface area contributed by atoms with Crippen LogP contribution in [0.3, 0.4) is 0 Å². The number of nitrogens with zero attached hydrogens (tertiary/aromatic N) is 3. The standard InChI is InChI=1S/C30H28F3N7O3/c1-17-9-10-23(38-28(42)19-5-3-6-20(13-19)30(31,32)33)15-25(17)39-29(43)40-12-11-24-26(34-16-35-27(24)40)37-22-8-4-7-21(14-22)36-18(2)41/h3-10,13-16,28,38,42H,11-12H2,1-2H3,(H,36,41)(H,39,43)(H,34,35,37)/t28-/m0/s1. The Hall–Kier alpha value is -5.17. The van der Waals surface area contributed by atoms with Crippen molar-refractivity contribution in [2.45, 2.75) is 32.7 Å². The first-order valence-electron chi connectivity index (χ1n) is 13.3. The van der Waals surface area contributed by atoms with Crippen molar-refractivity contribution in [1.29, 1.82) is 0 Å². The van der Waals surface area contributed by atoms with Crippen LogP contribution in [0.25, 0.3) is 0 Å². The number of nitrogens with one attached hydrogen (secondary N) is 4. The van der Waals surface area contributed by atoms with Crippen LogP contribution in [0.4, 0.5) is 52.4 Å². The van der Waals surface area contributed by atoms with Crippen molar-refractivity contribution in [3.63, 3.8) is 0 Å². The molecule has 0 bridgehead atoms. The molecule has 5 N–H and O–H groups in total. The predicted octanol–water partition coefficient (Wildman–Crippen LogP) is 6.20. The monoisotopic (exact) mass is 591 g/mol.